The first-order valence-corrected chi connectivity index (χ1v) is 6.72. The van der Waals surface area contributed by atoms with Crippen LogP contribution in [0.15, 0.2) is 22.7 Å². The Balaban J connectivity index is 2.17. The molecule has 1 fully saturated rings. The maximum absolute atomic E-state index is 9.33. The molecule has 1 atom stereocenters. The molecule has 1 aromatic rings. The Morgan fingerprint density at radius 3 is 3.06 bits per heavy atom. The number of rotatable bonds is 4. The first-order chi connectivity index (χ1) is 8.26. The molecule has 0 radical (unpaired) electrons. The van der Waals surface area contributed by atoms with Gasteiger partial charge in [0.05, 0.1) is 13.7 Å². The third-order valence-corrected chi connectivity index (χ3v) is 4.11. The van der Waals surface area contributed by atoms with Crippen LogP contribution in [-0.2, 0) is 6.54 Å². The minimum absolute atomic E-state index is 0.243. The van der Waals surface area contributed by atoms with Crippen LogP contribution in [0.2, 0.25) is 0 Å². The molecule has 0 amide bonds. The molecule has 1 aliphatic heterocycles. The highest BCUT2D eigenvalue weighted by atomic mass is 79.9. The summed E-state index contributed by atoms with van der Waals surface area (Å²) in [5.41, 5.74) is 1.16. The van der Waals surface area contributed by atoms with Gasteiger partial charge in [-0.25, -0.2) is 0 Å². The predicted octanol–water partition coefficient (Wildman–Crippen LogP) is 2.41. The summed E-state index contributed by atoms with van der Waals surface area (Å²) in [4.78, 5) is 2.32. The third-order valence-electron chi connectivity index (χ3n) is 3.37. The van der Waals surface area contributed by atoms with E-state index in [1.807, 2.05) is 18.2 Å². The van der Waals surface area contributed by atoms with E-state index in [1.54, 1.807) is 7.11 Å². The maximum Gasteiger partial charge on any atom is 0.124 e. The Kier molecular flexibility index (Phi) is 4.42. The molecule has 94 valence electrons. The highest BCUT2D eigenvalue weighted by Crippen LogP contribution is 2.30. The van der Waals surface area contributed by atoms with Crippen LogP contribution in [0.4, 0.5) is 0 Å². The van der Waals surface area contributed by atoms with Crippen LogP contribution in [0.1, 0.15) is 18.4 Å². The van der Waals surface area contributed by atoms with Crippen LogP contribution >= 0.6 is 15.9 Å². The summed E-state index contributed by atoms with van der Waals surface area (Å²) in [6.07, 6.45) is 2.25. The highest BCUT2D eigenvalue weighted by molar-refractivity contribution is 9.10. The molecule has 0 spiro atoms. The monoisotopic (exact) mass is 299 g/mol. The van der Waals surface area contributed by atoms with Crippen molar-refractivity contribution in [1.82, 2.24) is 4.90 Å². The Hall–Kier alpha value is -0.580. The van der Waals surface area contributed by atoms with E-state index in [1.165, 1.54) is 0 Å². The number of halogens is 1. The van der Waals surface area contributed by atoms with Crippen molar-refractivity contribution in [2.24, 2.45) is 0 Å². The maximum atomic E-state index is 9.33. The van der Waals surface area contributed by atoms with Gasteiger partial charge in [0, 0.05) is 22.6 Å². The molecule has 3 nitrogen and oxygen atoms in total. The summed E-state index contributed by atoms with van der Waals surface area (Å²) in [7, 11) is 1.69. The molecule has 0 unspecified atom stereocenters. The van der Waals surface area contributed by atoms with Crippen molar-refractivity contribution in [3.05, 3.63) is 28.2 Å². The van der Waals surface area contributed by atoms with Crippen molar-refractivity contribution < 1.29 is 9.84 Å². The van der Waals surface area contributed by atoms with Crippen LogP contribution in [0.5, 0.6) is 5.75 Å². The number of likely N-dealkylation sites (tertiary alicyclic amines) is 1. The third kappa shape index (κ3) is 2.81. The fourth-order valence-corrected chi connectivity index (χ4v) is 2.87. The van der Waals surface area contributed by atoms with Crippen molar-refractivity contribution >= 4 is 15.9 Å². The zero-order valence-electron chi connectivity index (χ0n) is 10.0. The Morgan fingerprint density at radius 1 is 1.53 bits per heavy atom. The van der Waals surface area contributed by atoms with E-state index in [4.69, 9.17) is 4.74 Å². The van der Waals surface area contributed by atoms with Crippen molar-refractivity contribution in [2.75, 3.05) is 20.3 Å². The van der Waals surface area contributed by atoms with E-state index in [-0.39, 0.29) is 6.61 Å². The lowest BCUT2D eigenvalue weighted by molar-refractivity contribution is 0.152. The lowest BCUT2D eigenvalue weighted by Crippen LogP contribution is -2.31. The van der Waals surface area contributed by atoms with Crippen LogP contribution in [-0.4, -0.2) is 36.3 Å². The number of hydrogen-bond donors (Lipinski definition) is 1. The molecule has 0 saturated carbocycles. The molecule has 1 heterocycles. The SMILES string of the molecule is COc1cccc(Br)c1CN1CCC[C@H]1CO. The van der Waals surface area contributed by atoms with E-state index in [0.717, 1.165) is 41.7 Å². The number of ether oxygens (including phenoxy) is 1. The van der Waals surface area contributed by atoms with Gasteiger partial charge in [-0.2, -0.15) is 0 Å². The van der Waals surface area contributed by atoms with E-state index in [0.29, 0.717) is 6.04 Å². The van der Waals surface area contributed by atoms with E-state index >= 15 is 0 Å². The topological polar surface area (TPSA) is 32.7 Å². The first kappa shape index (κ1) is 12.9. The summed E-state index contributed by atoms with van der Waals surface area (Å²) >= 11 is 3.57. The molecule has 0 aromatic heterocycles. The Labute approximate surface area is 111 Å². The van der Waals surface area contributed by atoms with Crippen LogP contribution in [0.3, 0.4) is 0 Å². The van der Waals surface area contributed by atoms with Gasteiger partial charge >= 0.3 is 0 Å². The van der Waals surface area contributed by atoms with Gasteiger partial charge in [-0.15, -0.1) is 0 Å². The molecule has 1 aromatic carbocycles. The number of hydrogen-bond acceptors (Lipinski definition) is 3. The average Bonchev–Trinajstić information content (AvgIpc) is 2.79. The molecule has 1 N–H and O–H groups in total. The molecule has 17 heavy (non-hydrogen) atoms. The highest BCUT2D eigenvalue weighted by Gasteiger charge is 2.25. The minimum Gasteiger partial charge on any atom is -0.496 e. The van der Waals surface area contributed by atoms with Gasteiger partial charge in [0.25, 0.3) is 0 Å². The zero-order valence-corrected chi connectivity index (χ0v) is 11.6. The zero-order chi connectivity index (χ0) is 12.3. The number of aliphatic hydroxyl groups excluding tert-OH is 1. The molecule has 0 aliphatic carbocycles. The Bertz CT molecular complexity index is 384. The smallest absolute Gasteiger partial charge is 0.124 e. The van der Waals surface area contributed by atoms with Crippen molar-refractivity contribution in [3.63, 3.8) is 0 Å². The van der Waals surface area contributed by atoms with Crippen molar-refractivity contribution in [1.29, 1.82) is 0 Å². The number of benzene rings is 1. The second-order valence-electron chi connectivity index (χ2n) is 4.37. The normalized spacial score (nSPS) is 20.8. The van der Waals surface area contributed by atoms with Crippen LogP contribution in [0.25, 0.3) is 0 Å². The average molecular weight is 300 g/mol. The Morgan fingerprint density at radius 2 is 2.35 bits per heavy atom. The molecule has 4 heteroatoms. The van der Waals surface area contributed by atoms with Gasteiger partial charge in [0.1, 0.15) is 5.75 Å². The quantitative estimate of drug-likeness (QED) is 0.927. The molecule has 0 bridgehead atoms. The van der Waals surface area contributed by atoms with E-state index < -0.39 is 0 Å². The second kappa shape index (κ2) is 5.85. The van der Waals surface area contributed by atoms with Gasteiger partial charge in [0.2, 0.25) is 0 Å². The standard InChI is InChI=1S/C13H18BrNO2/c1-17-13-6-2-5-12(14)11(13)8-15-7-3-4-10(15)9-16/h2,5-6,10,16H,3-4,7-9H2,1H3/t10-/m0/s1. The van der Waals surface area contributed by atoms with Gasteiger partial charge in [-0.05, 0) is 31.5 Å². The summed E-state index contributed by atoms with van der Waals surface area (Å²) < 4.78 is 6.46. The number of nitrogens with zero attached hydrogens (tertiary/aromatic N) is 1. The fraction of sp³-hybridized carbons (Fsp3) is 0.538. The van der Waals surface area contributed by atoms with E-state index in [9.17, 15) is 5.11 Å². The molecular weight excluding hydrogens is 282 g/mol. The number of aliphatic hydroxyl groups is 1. The van der Waals surface area contributed by atoms with Crippen molar-refractivity contribution in [3.8, 4) is 5.75 Å². The fourth-order valence-electron chi connectivity index (χ4n) is 2.40. The van der Waals surface area contributed by atoms with Gasteiger partial charge in [0.15, 0.2) is 0 Å². The van der Waals surface area contributed by atoms with E-state index in [2.05, 4.69) is 20.8 Å². The van der Waals surface area contributed by atoms with Gasteiger partial charge in [-0.1, -0.05) is 22.0 Å². The lowest BCUT2D eigenvalue weighted by atomic mass is 10.1. The first-order valence-electron chi connectivity index (χ1n) is 5.92. The summed E-state index contributed by atoms with van der Waals surface area (Å²) in [5.74, 6) is 0.906. The van der Waals surface area contributed by atoms with Gasteiger partial charge < -0.3 is 9.84 Å². The molecular formula is C13H18BrNO2. The van der Waals surface area contributed by atoms with Crippen LogP contribution < -0.4 is 4.74 Å². The van der Waals surface area contributed by atoms with Crippen LogP contribution in [0, 0.1) is 0 Å². The molecule has 1 saturated heterocycles. The second-order valence-corrected chi connectivity index (χ2v) is 5.22. The summed E-state index contributed by atoms with van der Waals surface area (Å²) in [6.45, 7) is 2.12. The number of methoxy groups -OCH3 is 1. The minimum atomic E-state index is 0.243. The molecule has 1 aliphatic rings. The van der Waals surface area contributed by atoms with Gasteiger partial charge in [-0.3, -0.25) is 4.90 Å². The lowest BCUT2D eigenvalue weighted by Gasteiger charge is -2.24. The molecule has 2 rings (SSSR count). The summed E-state index contributed by atoms with van der Waals surface area (Å²) in [5, 5.41) is 9.33. The largest absolute Gasteiger partial charge is 0.496 e. The summed E-state index contributed by atoms with van der Waals surface area (Å²) in [6, 6.07) is 6.28. The predicted molar refractivity (Wildman–Crippen MR) is 71.2 cm³/mol. The van der Waals surface area contributed by atoms with Crippen molar-refractivity contribution in [2.45, 2.75) is 25.4 Å².